The number of nitrogens with zero attached hydrogens (tertiary/aromatic N) is 3. The Morgan fingerprint density at radius 2 is 1.70 bits per heavy atom. The summed E-state index contributed by atoms with van der Waals surface area (Å²) in [5.74, 6) is 0.375. The van der Waals surface area contributed by atoms with Crippen molar-refractivity contribution in [3.05, 3.63) is 78.0 Å². The van der Waals surface area contributed by atoms with Crippen molar-refractivity contribution in [2.24, 2.45) is 0 Å². The number of nitrogens with one attached hydrogen (secondary N) is 2. The number of anilines is 4. The fraction of sp³-hybridized carbons (Fsp3) is 0.290. The third kappa shape index (κ3) is 5.74. The first-order chi connectivity index (χ1) is 19.2. The highest BCUT2D eigenvalue weighted by Crippen LogP contribution is 2.33. The van der Waals surface area contributed by atoms with E-state index in [1.54, 1.807) is 30.5 Å². The van der Waals surface area contributed by atoms with Gasteiger partial charge < -0.3 is 25.0 Å². The summed E-state index contributed by atoms with van der Waals surface area (Å²) in [5, 5.41) is 7.58. The third-order valence-corrected chi connectivity index (χ3v) is 6.89. The third-order valence-electron chi connectivity index (χ3n) is 6.89. The van der Waals surface area contributed by atoms with Crippen LogP contribution in [0.15, 0.2) is 66.9 Å². The molecule has 2 heterocycles. The number of ketones is 1. The van der Waals surface area contributed by atoms with Gasteiger partial charge in [0.05, 0.1) is 26.0 Å². The summed E-state index contributed by atoms with van der Waals surface area (Å²) in [5.41, 5.74) is 2.40. The Morgan fingerprint density at radius 1 is 0.950 bits per heavy atom. The van der Waals surface area contributed by atoms with Crippen LogP contribution in [0.2, 0.25) is 0 Å². The first-order valence-electron chi connectivity index (χ1n) is 13.2. The van der Waals surface area contributed by atoms with Crippen LogP contribution < -0.4 is 20.3 Å². The maximum absolute atomic E-state index is 13.4. The van der Waals surface area contributed by atoms with E-state index in [1.165, 1.54) is 7.11 Å². The number of hydrogen-bond donors (Lipinski definition) is 2. The average Bonchev–Trinajstić information content (AvgIpc) is 2.97. The molecule has 206 valence electrons. The molecule has 9 nitrogen and oxygen atoms in total. The zero-order chi connectivity index (χ0) is 28.3. The van der Waals surface area contributed by atoms with E-state index in [0.29, 0.717) is 47.4 Å². The van der Waals surface area contributed by atoms with Crippen molar-refractivity contribution in [3.63, 3.8) is 0 Å². The van der Waals surface area contributed by atoms with Crippen molar-refractivity contribution in [2.75, 3.05) is 48.9 Å². The molecule has 0 bridgehead atoms. The summed E-state index contributed by atoms with van der Waals surface area (Å²) in [6.07, 6.45) is 1.72. The summed E-state index contributed by atoms with van der Waals surface area (Å²) in [7, 11) is 1.53. The molecule has 0 atom stereocenters. The number of aromatic nitrogens is 2. The van der Waals surface area contributed by atoms with Gasteiger partial charge in [-0.1, -0.05) is 51.1 Å². The molecule has 1 amide bonds. The highest BCUT2D eigenvalue weighted by molar-refractivity contribution is 6.48. The molecular weight excluding hydrogens is 506 g/mol. The van der Waals surface area contributed by atoms with Crippen molar-refractivity contribution >= 4 is 45.6 Å². The Kier molecular flexibility index (Phi) is 7.66. The van der Waals surface area contributed by atoms with Gasteiger partial charge in [0.2, 0.25) is 5.95 Å². The van der Waals surface area contributed by atoms with Gasteiger partial charge in [0.25, 0.3) is 11.7 Å². The zero-order valence-corrected chi connectivity index (χ0v) is 23.2. The normalized spacial score (nSPS) is 13.7. The van der Waals surface area contributed by atoms with Crippen molar-refractivity contribution in [2.45, 2.75) is 26.2 Å². The van der Waals surface area contributed by atoms with Crippen LogP contribution in [-0.4, -0.2) is 55.1 Å². The van der Waals surface area contributed by atoms with Crippen LogP contribution in [0.1, 0.15) is 36.7 Å². The fourth-order valence-corrected chi connectivity index (χ4v) is 4.65. The fourth-order valence-electron chi connectivity index (χ4n) is 4.65. The van der Waals surface area contributed by atoms with E-state index in [9.17, 15) is 9.59 Å². The van der Waals surface area contributed by atoms with Crippen molar-refractivity contribution in [1.82, 2.24) is 9.97 Å². The topological polar surface area (TPSA) is 106 Å². The van der Waals surface area contributed by atoms with Gasteiger partial charge in [0, 0.05) is 35.9 Å². The van der Waals surface area contributed by atoms with Crippen molar-refractivity contribution in [3.8, 4) is 5.75 Å². The molecule has 0 aliphatic carbocycles. The van der Waals surface area contributed by atoms with E-state index < -0.39 is 11.7 Å². The number of morpholine rings is 1. The lowest BCUT2D eigenvalue weighted by Crippen LogP contribution is -2.37. The van der Waals surface area contributed by atoms with E-state index in [4.69, 9.17) is 9.47 Å². The summed E-state index contributed by atoms with van der Waals surface area (Å²) < 4.78 is 10.9. The van der Waals surface area contributed by atoms with Gasteiger partial charge in [-0.2, -0.15) is 4.98 Å². The maximum Gasteiger partial charge on any atom is 0.296 e. The molecule has 5 rings (SSSR count). The van der Waals surface area contributed by atoms with Gasteiger partial charge in [-0.3, -0.25) is 9.59 Å². The molecule has 0 spiro atoms. The molecule has 1 fully saturated rings. The largest absolute Gasteiger partial charge is 0.495 e. The van der Waals surface area contributed by atoms with Crippen LogP contribution in [0.5, 0.6) is 5.75 Å². The lowest BCUT2D eigenvalue weighted by molar-refractivity contribution is -0.112. The van der Waals surface area contributed by atoms with Gasteiger partial charge in [-0.15, -0.1) is 0 Å². The van der Waals surface area contributed by atoms with Gasteiger partial charge >= 0.3 is 0 Å². The predicted molar refractivity (Wildman–Crippen MR) is 157 cm³/mol. The number of hydrogen-bond acceptors (Lipinski definition) is 8. The van der Waals surface area contributed by atoms with Crippen LogP contribution in [-0.2, 0) is 14.9 Å². The quantitative estimate of drug-likeness (QED) is 0.240. The van der Waals surface area contributed by atoms with Gasteiger partial charge in [0.15, 0.2) is 0 Å². The number of ether oxygens (including phenoxy) is 2. The molecule has 2 N–H and O–H groups in total. The van der Waals surface area contributed by atoms with E-state index in [2.05, 4.69) is 46.3 Å². The second kappa shape index (κ2) is 11.3. The molecule has 1 aliphatic rings. The number of methoxy groups -OCH3 is 1. The molecule has 1 saturated heterocycles. The summed E-state index contributed by atoms with van der Waals surface area (Å²) in [4.78, 5) is 37.8. The van der Waals surface area contributed by atoms with E-state index in [1.807, 2.05) is 36.4 Å². The number of rotatable bonds is 7. The molecule has 0 unspecified atom stereocenters. The maximum atomic E-state index is 13.4. The molecule has 0 radical (unpaired) electrons. The van der Waals surface area contributed by atoms with E-state index in [0.717, 1.165) is 29.7 Å². The second-order valence-electron chi connectivity index (χ2n) is 10.6. The zero-order valence-electron chi connectivity index (χ0n) is 23.2. The number of carbonyl (C=O) groups excluding carboxylic acids is 2. The Morgan fingerprint density at radius 3 is 2.42 bits per heavy atom. The monoisotopic (exact) mass is 539 g/mol. The highest BCUT2D eigenvalue weighted by atomic mass is 16.5. The number of Topliss-reactive ketones (excluding diaryl/α,β-unsaturated/α-hetero) is 1. The summed E-state index contributed by atoms with van der Waals surface area (Å²) >= 11 is 0. The van der Waals surface area contributed by atoms with Crippen molar-refractivity contribution in [1.29, 1.82) is 0 Å². The Bertz CT molecular complexity index is 1560. The van der Waals surface area contributed by atoms with E-state index in [-0.39, 0.29) is 5.41 Å². The minimum Gasteiger partial charge on any atom is -0.495 e. The molecule has 40 heavy (non-hydrogen) atoms. The molecule has 3 aromatic carbocycles. The highest BCUT2D eigenvalue weighted by Gasteiger charge is 2.23. The molecule has 1 aliphatic heterocycles. The number of fused-ring (bicyclic) bond motifs is 1. The Hall–Kier alpha value is -4.50. The summed E-state index contributed by atoms with van der Waals surface area (Å²) in [6, 6.07) is 18.3. The predicted octanol–water partition coefficient (Wildman–Crippen LogP) is 5.34. The van der Waals surface area contributed by atoms with E-state index >= 15 is 0 Å². The average molecular weight is 540 g/mol. The summed E-state index contributed by atoms with van der Waals surface area (Å²) in [6.45, 7) is 9.00. The first kappa shape index (κ1) is 27.1. The minimum absolute atomic E-state index is 0.137. The lowest BCUT2D eigenvalue weighted by atomic mass is 9.87. The number of benzene rings is 3. The molecule has 4 aromatic rings. The van der Waals surface area contributed by atoms with Crippen LogP contribution in [0, 0.1) is 0 Å². The second-order valence-corrected chi connectivity index (χ2v) is 10.6. The number of carbonyl (C=O) groups is 2. The van der Waals surface area contributed by atoms with Crippen LogP contribution in [0.25, 0.3) is 10.8 Å². The minimum atomic E-state index is -0.735. The molecule has 0 saturated carbocycles. The SMILES string of the molecule is COc1ccc(C(C)(C)C)cc1NC(=O)C(=O)c1ccc(Nc2ccnc(N3CCOCC3)n2)c2ccccc12. The van der Waals surface area contributed by atoms with Gasteiger partial charge in [0.1, 0.15) is 11.6 Å². The molecule has 9 heteroatoms. The van der Waals surface area contributed by atoms with Crippen LogP contribution in [0.4, 0.5) is 23.1 Å². The smallest absolute Gasteiger partial charge is 0.296 e. The van der Waals surface area contributed by atoms with Crippen LogP contribution in [0.3, 0.4) is 0 Å². The van der Waals surface area contributed by atoms with Gasteiger partial charge in [-0.25, -0.2) is 4.98 Å². The lowest BCUT2D eigenvalue weighted by Gasteiger charge is -2.26. The standard InChI is InChI=1S/C31H33N5O4/c1-31(2,3)20-9-12-26(39-4)25(19-20)34-29(38)28(37)23-10-11-24(22-8-6-5-7-21(22)23)33-27-13-14-32-30(35-27)36-15-17-40-18-16-36/h5-14,19H,15-18H2,1-4H3,(H,34,38)(H,32,33,35). The van der Waals surface area contributed by atoms with Crippen LogP contribution >= 0.6 is 0 Å². The molecule has 1 aromatic heterocycles. The molecular formula is C31H33N5O4. The Balaban J connectivity index is 1.41. The Labute approximate surface area is 233 Å². The van der Waals surface area contributed by atoms with Gasteiger partial charge in [-0.05, 0) is 46.7 Å². The van der Waals surface area contributed by atoms with Crippen molar-refractivity contribution < 1.29 is 19.1 Å². The number of amides is 1. The first-order valence-corrected chi connectivity index (χ1v) is 13.2.